The molecule has 5 heteroatoms. The van der Waals surface area contributed by atoms with Crippen molar-refractivity contribution in [1.82, 2.24) is 9.88 Å². The number of hydrogen-bond acceptors (Lipinski definition) is 5. The van der Waals surface area contributed by atoms with Crippen molar-refractivity contribution in [2.24, 2.45) is 5.92 Å². The number of rotatable bonds is 4. The topological polar surface area (TPSA) is 54.6 Å². The minimum absolute atomic E-state index is 0.521. The highest BCUT2D eigenvalue weighted by molar-refractivity contribution is 5.54. The fourth-order valence-corrected chi connectivity index (χ4v) is 2.64. The molecule has 2 heterocycles. The second-order valence-electron chi connectivity index (χ2n) is 5.46. The van der Waals surface area contributed by atoms with Crippen molar-refractivity contribution >= 4 is 11.5 Å². The standard InChI is InChI=1S/C14H24N4O/c1-17(2)10-11-6-8-18(9-7-11)13-5-4-12(15)14(16-13)19-3/h4-5,11H,6-10,15H2,1-3H3. The number of anilines is 2. The SMILES string of the molecule is COc1nc(N2CCC(CN(C)C)CC2)ccc1N. The van der Waals surface area contributed by atoms with Crippen molar-refractivity contribution in [3.63, 3.8) is 0 Å². The van der Waals surface area contributed by atoms with Crippen LogP contribution in [0.2, 0.25) is 0 Å². The molecule has 0 bridgehead atoms. The van der Waals surface area contributed by atoms with E-state index in [2.05, 4.69) is 28.9 Å². The minimum atomic E-state index is 0.521. The van der Waals surface area contributed by atoms with Crippen molar-refractivity contribution < 1.29 is 4.74 Å². The zero-order chi connectivity index (χ0) is 13.8. The predicted molar refractivity (Wildman–Crippen MR) is 78.7 cm³/mol. The van der Waals surface area contributed by atoms with Crippen LogP contribution >= 0.6 is 0 Å². The zero-order valence-corrected chi connectivity index (χ0v) is 12.1. The van der Waals surface area contributed by atoms with Gasteiger partial charge in [0.2, 0.25) is 5.88 Å². The highest BCUT2D eigenvalue weighted by Gasteiger charge is 2.21. The van der Waals surface area contributed by atoms with Crippen molar-refractivity contribution in [3.8, 4) is 5.88 Å². The molecule has 2 N–H and O–H groups in total. The molecule has 1 aromatic heterocycles. The van der Waals surface area contributed by atoms with Crippen molar-refractivity contribution in [1.29, 1.82) is 0 Å². The van der Waals surface area contributed by atoms with Gasteiger partial charge in [-0.3, -0.25) is 0 Å². The number of methoxy groups -OCH3 is 1. The maximum atomic E-state index is 5.79. The van der Waals surface area contributed by atoms with Crippen LogP contribution in [-0.2, 0) is 0 Å². The zero-order valence-electron chi connectivity index (χ0n) is 12.1. The second-order valence-corrected chi connectivity index (χ2v) is 5.46. The fraction of sp³-hybridized carbons (Fsp3) is 0.643. The van der Waals surface area contributed by atoms with E-state index >= 15 is 0 Å². The van der Waals surface area contributed by atoms with Crippen LogP contribution in [0.25, 0.3) is 0 Å². The van der Waals surface area contributed by atoms with Crippen molar-refractivity contribution in [2.45, 2.75) is 12.8 Å². The van der Waals surface area contributed by atoms with Gasteiger partial charge in [-0.2, -0.15) is 4.98 Å². The molecule has 0 radical (unpaired) electrons. The summed E-state index contributed by atoms with van der Waals surface area (Å²) in [4.78, 5) is 9.05. The first-order valence-electron chi connectivity index (χ1n) is 6.80. The summed E-state index contributed by atoms with van der Waals surface area (Å²) in [5, 5.41) is 0. The average molecular weight is 264 g/mol. The molecular weight excluding hydrogens is 240 g/mol. The number of nitrogens with two attached hydrogens (primary N) is 1. The first kappa shape index (κ1) is 13.9. The summed E-state index contributed by atoms with van der Waals surface area (Å²) in [6.07, 6.45) is 2.43. The Balaban J connectivity index is 1.97. The molecule has 0 aliphatic carbocycles. The molecule has 1 aliphatic rings. The quantitative estimate of drug-likeness (QED) is 0.892. The largest absolute Gasteiger partial charge is 0.479 e. The van der Waals surface area contributed by atoms with Crippen LogP contribution in [0, 0.1) is 5.92 Å². The van der Waals surface area contributed by atoms with Gasteiger partial charge in [0.1, 0.15) is 5.82 Å². The van der Waals surface area contributed by atoms with Gasteiger partial charge >= 0.3 is 0 Å². The fourth-order valence-electron chi connectivity index (χ4n) is 2.64. The van der Waals surface area contributed by atoms with Gasteiger partial charge in [0, 0.05) is 19.6 Å². The molecule has 2 rings (SSSR count). The smallest absolute Gasteiger partial charge is 0.238 e. The average Bonchev–Trinajstić information content (AvgIpc) is 2.40. The molecule has 106 valence electrons. The van der Waals surface area contributed by atoms with Gasteiger partial charge < -0.3 is 20.3 Å². The van der Waals surface area contributed by atoms with Gasteiger partial charge in [0.25, 0.3) is 0 Å². The van der Waals surface area contributed by atoms with Crippen LogP contribution in [0.5, 0.6) is 5.88 Å². The number of piperidine rings is 1. The molecule has 0 atom stereocenters. The number of pyridine rings is 1. The van der Waals surface area contributed by atoms with Crippen LogP contribution < -0.4 is 15.4 Å². The summed E-state index contributed by atoms with van der Waals surface area (Å²) in [6.45, 7) is 3.28. The van der Waals surface area contributed by atoms with Gasteiger partial charge in [-0.25, -0.2) is 0 Å². The first-order chi connectivity index (χ1) is 9.10. The maximum absolute atomic E-state index is 5.79. The van der Waals surface area contributed by atoms with E-state index in [0.717, 1.165) is 24.8 Å². The van der Waals surface area contributed by atoms with Crippen LogP contribution in [0.3, 0.4) is 0 Å². The molecule has 0 spiro atoms. The highest BCUT2D eigenvalue weighted by atomic mass is 16.5. The Bertz CT molecular complexity index is 414. The Morgan fingerprint density at radius 2 is 2.05 bits per heavy atom. The summed E-state index contributed by atoms with van der Waals surface area (Å²) in [5.41, 5.74) is 6.39. The summed E-state index contributed by atoms with van der Waals surface area (Å²) in [5.74, 6) is 2.28. The van der Waals surface area contributed by atoms with E-state index in [4.69, 9.17) is 10.5 Å². The summed E-state index contributed by atoms with van der Waals surface area (Å²) in [7, 11) is 5.88. The number of ether oxygens (including phenoxy) is 1. The molecule has 0 unspecified atom stereocenters. The normalized spacial score (nSPS) is 16.9. The molecule has 0 saturated carbocycles. The molecule has 1 aromatic rings. The number of hydrogen-bond donors (Lipinski definition) is 1. The Morgan fingerprint density at radius 3 is 2.63 bits per heavy atom. The lowest BCUT2D eigenvalue weighted by molar-refractivity contribution is 0.284. The highest BCUT2D eigenvalue weighted by Crippen LogP contribution is 2.26. The Kier molecular flexibility index (Phi) is 4.47. The lowest BCUT2D eigenvalue weighted by Crippen LogP contribution is -2.37. The van der Waals surface area contributed by atoms with Gasteiger partial charge in [-0.15, -0.1) is 0 Å². The number of aromatic nitrogens is 1. The molecule has 0 amide bonds. The molecule has 1 fully saturated rings. The van der Waals surface area contributed by atoms with Gasteiger partial charge in [-0.05, 0) is 45.0 Å². The van der Waals surface area contributed by atoms with Crippen LogP contribution in [0.1, 0.15) is 12.8 Å². The molecule has 0 aromatic carbocycles. The van der Waals surface area contributed by atoms with E-state index in [1.165, 1.54) is 19.4 Å². The third-order valence-corrected chi connectivity index (χ3v) is 3.63. The second kappa shape index (κ2) is 6.10. The van der Waals surface area contributed by atoms with E-state index < -0.39 is 0 Å². The van der Waals surface area contributed by atoms with Gasteiger partial charge in [0.05, 0.1) is 12.8 Å². The van der Waals surface area contributed by atoms with Gasteiger partial charge in [-0.1, -0.05) is 0 Å². The van der Waals surface area contributed by atoms with E-state index in [1.807, 2.05) is 12.1 Å². The Labute approximate surface area is 115 Å². The Morgan fingerprint density at radius 1 is 1.37 bits per heavy atom. The lowest BCUT2D eigenvalue weighted by Gasteiger charge is -2.34. The summed E-state index contributed by atoms with van der Waals surface area (Å²) < 4.78 is 5.18. The first-order valence-corrected chi connectivity index (χ1v) is 6.80. The van der Waals surface area contributed by atoms with E-state index in [1.54, 1.807) is 7.11 Å². The van der Waals surface area contributed by atoms with Gasteiger partial charge in [0.15, 0.2) is 0 Å². The Hall–Kier alpha value is -1.49. The van der Waals surface area contributed by atoms with Crippen molar-refractivity contribution in [2.75, 3.05) is 51.5 Å². The maximum Gasteiger partial charge on any atom is 0.238 e. The molecule has 19 heavy (non-hydrogen) atoms. The minimum Gasteiger partial charge on any atom is -0.479 e. The van der Waals surface area contributed by atoms with Crippen molar-refractivity contribution in [3.05, 3.63) is 12.1 Å². The lowest BCUT2D eigenvalue weighted by atomic mass is 9.96. The molecular formula is C14H24N4O. The predicted octanol–water partition coefficient (Wildman–Crippen LogP) is 1.45. The third-order valence-electron chi connectivity index (χ3n) is 3.63. The molecule has 5 nitrogen and oxygen atoms in total. The van der Waals surface area contributed by atoms with E-state index in [9.17, 15) is 0 Å². The summed E-state index contributed by atoms with van der Waals surface area (Å²) >= 11 is 0. The third kappa shape index (κ3) is 3.50. The number of nitrogens with zero attached hydrogens (tertiary/aromatic N) is 3. The van der Waals surface area contributed by atoms with Crippen LogP contribution in [0.15, 0.2) is 12.1 Å². The van der Waals surface area contributed by atoms with E-state index in [-0.39, 0.29) is 0 Å². The summed E-state index contributed by atoms with van der Waals surface area (Å²) in [6, 6.07) is 3.84. The number of nitrogen functional groups attached to an aromatic ring is 1. The monoisotopic (exact) mass is 264 g/mol. The van der Waals surface area contributed by atoms with Crippen LogP contribution in [-0.4, -0.2) is 50.7 Å². The van der Waals surface area contributed by atoms with Crippen LogP contribution in [0.4, 0.5) is 11.5 Å². The molecule has 1 aliphatic heterocycles. The molecule has 1 saturated heterocycles. The van der Waals surface area contributed by atoms with E-state index in [0.29, 0.717) is 11.6 Å².